The van der Waals surface area contributed by atoms with E-state index in [1.807, 2.05) is 11.8 Å². The minimum Gasteiger partial charge on any atom is -0.355 e. The fourth-order valence-corrected chi connectivity index (χ4v) is 3.19. The first-order chi connectivity index (χ1) is 8.62. The van der Waals surface area contributed by atoms with E-state index in [0.717, 1.165) is 25.9 Å². The van der Waals surface area contributed by atoms with E-state index in [4.69, 9.17) is 17.3 Å². The Morgan fingerprint density at radius 3 is 2.83 bits per heavy atom. The van der Waals surface area contributed by atoms with E-state index in [-0.39, 0.29) is 15.3 Å². The first kappa shape index (κ1) is 13.7. The van der Waals surface area contributed by atoms with Crippen molar-refractivity contribution in [2.24, 2.45) is 5.73 Å². The molecule has 1 saturated heterocycles. The number of hydrogen-bond acceptors (Lipinski definition) is 5. The number of anilines is 1. The highest BCUT2D eigenvalue weighted by Gasteiger charge is 2.33. The number of rotatable bonds is 3. The van der Waals surface area contributed by atoms with Crippen LogP contribution in [0.5, 0.6) is 0 Å². The van der Waals surface area contributed by atoms with Crippen LogP contribution in [0.1, 0.15) is 12.8 Å². The van der Waals surface area contributed by atoms with Crippen LogP contribution >= 0.6 is 23.4 Å². The maximum absolute atomic E-state index is 11.4. The van der Waals surface area contributed by atoms with Gasteiger partial charge in [0.05, 0.1) is 6.33 Å². The summed E-state index contributed by atoms with van der Waals surface area (Å²) < 4.78 is 0.157. The number of thioether (sulfide) groups is 1. The lowest BCUT2D eigenvalue weighted by Crippen LogP contribution is -2.47. The summed E-state index contributed by atoms with van der Waals surface area (Å²) in [6.45, 7) is 2.33. The Labute approximate surface area is 115 Å². The Kier molecular flexibility index (Phi) is 4.19. The lowest BCUT2D eigenvalue weighted by Gasteiger charge is -2.40. The van der Waals surface area contributed by atoms with E-state index >= 15 is 0 Å². The summed E-state index contributed by atoms with van der Waals surface area (Å²) in [7, 11) is 0. The van der Waals surface area contributed by atoms with Crippen molar-refractivity contribution in [1.29, 1.82) is 0 Å². The average Bonchev–Trinajstić information content (AvgIpc) is 2.42. The highest BCUT2D eigenvalue weighted by Crippen LogP contribution is 2.35. The molecule has 18 heavy (non-hydrogen) atoms. The Bertz CT molecular complexity index is 464. The first-order valence-electron chi connectivity index (χ1n) is 5.85. The molecule has 0 spiro atoms. The van der Waals surface area contributed by atoms with Crippen LogP contribution in [0.25, 0.3) is 0 Å². The van der Waals surface area contributed by atoms with Crippen molar-refractivity contribution in [3.8, 4) is 0 Å². The van der Waals surface area contributed by atoms with Gasteiger partial charge in [-0.3, -0.25) is 4.79 Å². The molecule has 1 aliphatic heterocycles. The SMILES string of the molecule is CSC1(CN)CCN(c2nc[nH]c(=O)c2Cl)CC1. The van der Waals surface area contributed by atoms with Crippen LogP contribution in [0.3, 0.4) is 0 Å². The number of aromatic nitrogens is 2. The van der Waals surface area contributed by atoms with E-state index in [2.05, 4.69) is 21.1 Å². The second kappa shape index (κ2) is 5.50. The molecule has 0 radical (unpaired) electrons. The van der Waals surface area contributed by atoms with E-state index in [9.17, 15) is 4.79 Å². The third kappa shape index (κ3) is 2.50. The number of piperidine rings is 1. The average molecular weight is 289 g/mol. The van der Waals surface area contributed by atoms with E-state index in [0.29, 0.717) is 12.4 Å². The zero-order valence-electron chi connectivity index (χ0n) is 10.3. The van der Waals surface area contributed by atoms with Crippen molar-refractivity contribution in [2.75, 3.05) is 30.8 Å². The molecule has 2 heterocycles. The summed E-state index contributed by atoms with van der Waals surface area (Å²) in [5, 5.41) is 0.168. The minimum absolute atomic E-state index is 0.157. The van der Waals surface area contributed by atoms with Gasteiger partial charge in [0.1, 0.15) is 5.02 Å². The summed E-state index contributed by atoms with van der Waals surface area (Å²) in [5.41, 5.74) is 5.56. The topological polar surface area (TPSA) is 75.0 Å². The lowest BCUT2D eigenvalue weighted by atomic mass is 9.96. The summed E-state index contributed by atoms with van der Waals surface area (Å²) in [4.78, 5) is 20.1. The van der Waals surface area contributed by atoms with Crippen LogP contribution in [-0.2, 0) is 0 Å². The van der Waals surface area contributed by atoms with Crippen LogP contribution in [-0.4, -0.2) is 40.6 Å². The standard InChI is InChI=1S/C11H17ClN4OS/c1-18-11(6-13)2-4-16(5-3-11)9-8(12)10(17)15-7-14-9/h7H,2-6,13H2,1H3,(H,14,15,17). The largest absolute Gasteiger partial charge is 0.355 e. The zero-order valence-corrected chi connectivity index (χ0v) is 11.9. The first-order valence-corrected chi connectivity index (χ1v) is 7.45. The predicted molar refractivity (Wildman–Crippen MR) is 76.6 cm³/mol. The molecule has 100 valence electrons. The zero-order chi connectivity index (χ0) is 13.2. The summed E-state index contributed by atoms with van der Waals surface area (Å²) in [6.07, 6.45) is 5.45. The van der Waals surface area contributed by atoms with Crippen molar-refractivity contribution < 1.29 is 0 Å². The monoisotopic (exact) mass is 288 g/mol. The second-order valence-corrected chi connectivity index (χ2v) is 6.10. The van der Waals surface area contributed by atoms with Gasteiger partial charge in [-0.1, -0.05) is 11.6 Å². The Morgan fingerprint density at radius 2 is 2.28 bits per heavy atom. The summed E-state index contributed by atoms with van der Waals surface area (Å²) in [5.74, 6) is 0.576. The molecule has 3 N–H and O–H groups in total. The van der Waals surface area contributed by atoms with Gasteiger partial charge in [0, 0.05) is 24.4 Å². The van der Waals surface area contributed by atoms with Gasteiger partial charge in [-0.05, 0) is 19.1 Å². The Hall–Kier alpha value is -0.720. The summed E-state index contributed by atoms with van der Waals surface area (Å²) in [6, 6.07) is 0. The molecule has 1 aromatic heterocycles. The smallest absolute Gasteiger partial charge is 0.271 e. The number of H-pyrrole nitrogens is 1. The molecule has 0 unspecified atom stereocenters. The van der Waals surface area contributed by atoms with Gasteiger partial charge in [0.25, 0.3) is 5.56 Å². The number of halogens is 1. The molecular weight excluding hydrogens is 272 g/mol. The van der Waals surface area contributed by atoms with Crippen molar-refractivity contribution >= 4 is 29.2 Å². The van der Waals surface area contributed by atoms with Crippen LogP contribution in [0.4, 0.5) is 5.82 Å². The maximum atomic E-state index is 11.4. The molecule has 0 atom stereocenters. The third-order valence-electron chi connectivity index (χ3n) is 3.56. The maximum Gasteiger partial charge on any atom is 0.271 e. The van der Waals surface area contributed by atoms with Gasteiger partial charge in [0.15, 0.2) is 5.82 Å². The Morgan fingerprint density at radius 1 is 1.61 bits per heavy atom. The summed E-state index contributed by atoms with van der Waals surface area (Å²) >= 11 is 7.81. The third-order valence-corrected chi connectivity index (χ3v) is 5.34. The van der Waals surface area contributed by atoms with Gasteiger partial charge in [0.2, 0.25) is 0 Å². The molecule has 0 aliphatic carbocycles. The lowest BCUT2D eigenvalue weighted by molar-refractivity contribution is 0.455. The molecule has 5 nitrogen and oxygen atoms in total. The van der Waals surface area contributed by atoms with Crippen molar-refractivity contribution in [2.45, 2.75) is 17.6 Å². The fourth-order valence-electron chi connectivity index (χ4n) is 2.21. The molecule has 0 saturated carbocycles. The highest BCUT2D eigenvalue weighted by atomic mass is 35.5. The van der Waals surface area contributed by atoms with E-state index < -0.39 is 0 Å². The number of nitrogens with one attached hydrogen (secondary N) is 1. The molecule has 2 rings (SSSR count). The molecule has 0 aromatic carbocycles. The quantitative estimate of drug-likeness (QED) is 0.871. The second-order valence-electron chi connectivity index (χ2n) is 4.45. The number of aromatic amines is 1. The molecule has 1 aromatic rings. The fraction of sp³-hybridized carbons (Fsp3) is 0.636. The number of nitrogens with two attached hydrogens (primary N) is 1. The molecule has 1 fully saturated rings. The van der Waals surface area contributed by atoms with Crippen molar-refractivity contribution in [1.82, 2.24) is 9.97 Å². The predicted octanol–water partition coefficient (Wildman–Crippen LogP) is 1.08. The van der Waals surface area contributed by atoms with Crippen LogP contribution in [0.2, 0.25) is 5.02 Å². The van der Waals surface area contributed by atoms with Crippen LogP contribution in [0, 0.1) is 0 Å². The van der Waals surface area contributed by atoms with Crippen LogP contribution < -0.4 is 16.2 Å². The molecular formula is C11H17ClN4OS. The molecule has 0 amide bonds. The normalized spacial score (nSPS) is 18.9. The van der Waals surface area contributed by atoms with Gasteiger partial charge in [-0.15, -0.1) is 0 Å². The van der Waals surface area contributed by atoms with Crippen LogP contribution in [0.15, 0.2) is 11.1 Å². The van der Waals surface area contributed by atoms with Gasteiger partial charge < -0.3 is 15.6 Å². The highest BCUT2D eigenvalue weighted by molar-refractivity contribution is 8.00. The molecule has 1 aliphatic rings. The van der Waals surface area contributed by atoms with Crippen molar-refractivity contribution in [3.05, 3.63) is 21.7 Å². The minimum atomic E-state index is -0.290. The van der Waals surface area contributed by atoms with E-state index in [1.54, 1.807) is 0 Å². The number of nitrogens with zero attached hydrogens (tertiary/aromatic N) is 2. The molecule has 7 heteroatoms. The number of hydrogen-bond donors (Lipinski definition) is 2. The van der Waals surface area contributed by atoms with Gasteiger partial charge in [-0.25, -0.2) is 4.98 Å². The van der Waals surface area contributed by atoms with Gasteiger partial charge >= 0.3 is 0 Å². The van der Waals surface area contributed by atoms with E-state index in [1.165, 1.54) is 6.33 Å². The van der Waals surface area contributed by atoms with Crippen molar-refractivity contribution in [3.63, 3.8) is 0 Å². The van der Waals surface area contributed by atoms with Gasteiger partial charge in [-0.2, -0.15) is 11.8 Å². The Balaban J connectivity index is 2.15. The molecule has 0 bridgehead atoms.